The van der Waals surface area contributed by atoms with Gasteiger partial charge in [-0.15, -0.1) is 0 Å². The zero-order valence-electron chi connectivity index (χ0n) is 9.24. The van der Waals surface area contributed by atoms with Gasteiger partial charge in [0.15, 0.2) is 0 Å². The van der Waals surface area contributed by atoms with Crippen LogP contribution in [-0.4, -0.2) is 30.0 Å². The number of carbonyl (C=O) groups is 2. The molecule has 88 valence electrons. The first-order valence-electron chi connectivity index (χ1n) is 4.83. The molecule has 0 bridgehead atoms. The van der Waals surface area contributed by atoms with Crippen LogP contribution in [0.3, 0.4) is 0 Å². The summed E-state index contributed by atoms with van der Waals surface area (Å²) in [5.41, 5.74) is 6.26. The Morgan fingerprint density at radius 2 is 2.25 bits per heavy atom. The van der Waals surface area contributed by atoms with Crippen LogP contribution in [0.4, 0.5) is 0 Å². The number of amides is 1. The highest BCUT2D eigenvalue weighted by Crippen LogP contribution is 2.03. The number of methoxy groups -OCH3 is 1. The average molecular weight is 225 g/mol. The second-order valence-corrected chi connectivity index (χ2v) is 3.39. The summed E-state index contributed by atoms with van der Waals surface area (Å²) in [6.45, 7) is 2.10. The third-order valence-electron chi connectivity index (χ3n) is 2.18. The lowest BCUT2D eigenvalue weighted by molar-refractivity contribution is -0.119. The molecule has 6 nitrogen and oxygen atoms in total. The molecule has 0 saturated heterocycles. The maximum absolute atomic E-state index is 11.1. The fraction of sp³-hybridized carbons (Fsp3) is 0.400. The van der Waals surface area contributed by atoms with Crippen molar-refractivity contribution >= 4 is 11.9 Å². The molecule has 16 heavy (non-hydrogen) atoms. The van der Waals surface area contributed by atoms with E-state index in [0.29, 0.717) is 12.2 Å². The predicted octanol–water partition coefficient (Wildman–Crippen LogP) is -0.235. The van der Waals surface area contributed by atoms with E-state index in [1.165, 1.54) is 7.11 Å². The lowest BCUT2D eigenvalue weighted by Crippen LogP contribution is -2.38. The molecule has 0 aromatic carbocycles. The molecule has 0 aliphatic carbocycles. The quantitative estimate of drug-likeness (QED) is 0.603. The van der Waals surface area contributed by atoms with Gasteiger partial charge in [-0.25, -0.2) is 4.79 Å². The number of aromatic amines is 1. The second kappa shape index (κ2) is 5.32. The van der Waals surface area contributed by atoms with E-state index in [-0.39, 0.29) is 0 Å². The predicted molar refractivity (Wildman–Crippen MR) is 57.6 cm³/mol. The summed E-state index contributed by atoms with van der Waals surface area (Å²) in [4.78, 5) is 24.7. The first kappa shape index (κ1) is 12.3. The van der Waals surface area contributed by atoms with Gasteiger partial charge in [0, 0.05) is 12.2 Å². The highest BCUT2D eigenvalue weighted by Gasteiger charge is 2.10. The minimum Gasteiger partial charge on any atom is -0.464 e. The molecule has 1 rings (SSSR count). The van der Waals surface area contributed by atoms with Crippen molar-refractivity contribution in [2.45, 2.75) is 19.5 Å². The molecule has 0 aliphatic heterocycles. The van der Waals surface area contributed by atoms with E-state index < -0.39 is 17.9 Å². The molecule has 6 heteroatoms. The summed E-state index contributed by atoms with van der Waals surface area (Å²) in [6.07, 6.45) is 0. The molecule has 4 N–H and O–H groups in total. The van der Waals surface area contributed by atoms with Crippen molar-refractivity contribution in [2.24, 2.45) is 5.73 Å². The summed E-state index contributed by atoms with van der Waals surface area (Å²) in [5.74, 6) is -0.839. The van der Waals surface area contributed by atoms with Crippen molar-refractivity contribution in [2.75, 3.05) is 7.11 Å². The summed E-state index contributed by atoms with van der Waals surface area (Å²) in [6, 6.07) is 2.95. The Labute approximate surface area is 93.2 Å². The highest BCUT2D eigenvalue weighted by atomic mass is 16.5. The lowest BCUT2D eigenvalue weighted by atomic mass is 10.3. The fourth-order valence-corrected chi connectivity index (χ4v) is 1.14. The Balaban J connectivity index is 2.53. The molecule has 1 unspecified atom stereocenters. The van der Waals surface area contributed by atoms with Gasteiger partial charge in [0.2, 0.25) is 5.91 Å². The molecule has 1 aromatic rings. The van der Waals surface area contributed by atoms with Crippen molar-refractivity contribution in [3.05, 3.63) is 23.5 Å². The Bertz CT molecular complexity index is 386. The van der Waals surface area contributed by atoms with Crippen molar-refractivity contribution in [3.8, 4) is 0 Å². The van der Waals surface area contributed by atoms with Crippen molar-refractivity contribution in [1.82, 2.24) is 10.3 Å². The minimum absolute atomic E-state index is 0.381. The highest BCUT2D eigenvalue weighted by molar-refractivity contribution is 5.87. The van der Waals surface area contributed by atoms with Crippen LogP contribution >= 0.6 is 0 Å². The molecule has 0 radical (unpaired) electrons. The van der Waals surface area contributed by atoms with Crippen LogP contribution in [0.1, 0.15) is 23.1 Å². The number of primary amides is 1. The summed E-state index contributed by atoms with van der Waals surface area (Å²) >= 11 is 0. The zero-order valence-corrected chi connectivity index (χ0v) is 9.24. The molecule has 1 heterocycles. The van der Waals surface area contributed by atoms with Gasteiger partial charge in [-0.3, -0.25) is 4.79 Å². The van der Waals surface area contributed by atoms with Crippen LogP contribution in [0, 0.1) is 0 Å². The number of rotatable bonds is 5. The topological polar surface area (TPSA) is 97.2 Å². The molecular weight excluding hydrogens is 210 g/mol. The first-order valence-corrected chi connectivity index (χ1v) is 4.83. The van der Waals surface area contributed by atoms with Gasteiger partial charge in [0.1, 0.15) is 5.69 Å². The lowest BCUT2D eigenvalue weighted by Gasteiger charge is -2.08. The Morgan fingerprint density at radius 1 is 1.56 bits per heavy atom. The van der Waals surface area contributed by atoms with Crippen molar-refractivity contribution in [3.63, 3.8) is 0 Å². The Morgan fingerprint density at radius 3 is 2.81 bits per heavy atom. The number of hydrogen-bond acceptors (Lipinski definition) is 4. The number of nitrogens with one attached hydrogen (secondary N) is 2. The SMILES string of the molecule is COC(=O)c1ccc(CNC(C)C(N)=O)[nH]1. The van der Waals surface area contributed by atoms with E-state index in [0.717, 1.165) is 5.69 Å². The fourth-order valence-electron chi connectivity index (χ4n) is 1.14. The van der Waals surface area contributed by atoms with Crippen molar-refractivity contribution < 1.29 is 14.3 Å². The Kier molecular flexibility index (Phi) is 4.07. The number of ether oxygens (including phenoxy) is 1. The normalized spacial score (nSPS) is 12.1. The second-order valence-electron chi connectivity index (χ2n) is 3.39. The summed E-state index contributed by atoms with van der Waals surface area (Å²) < 4.78 is 4.55. The number of carbonyl (C=O) groups excluding carboxylic acids is 2. The van der Waals surface area contributed by atoms with E-state index in [2.05, 4.69) is 15.0 Å². The van der Waals surface area contributed by atoms with Crippen LogP contribution in [0.5, 0.6) is 0 Å². The van der Waals surface area contributed by atoms with E-state index in [1.54, 1.807) is 19.1 Å². The van der Waals surface area contributed by atoms with Gasteiger partial charge < -0.3 is 20.8 Å². The minimum atomic E-state index is -0.422. The van der Waals surface area contributed by atoms with E-state index >= 15 is 0 Å². The molecule has 1 aromatic heterocycles. The number of nitrogens with two attached hydrogens (primary N) is 1. The summed E-state index contributed by atoms with van der Waals surface area (Å²) in [7, 11) is 1.32. The number of aromatic nitrogens is 1. The first-order chi connectivity index (χ1) is 7.54. The van der Waals surface area contributed by atoms with E-state index in [9.17, 15) is 9.59 Å². The Hall–Kier alpha value is -1.82. The van der Waals surface area contributed by atoms with Gasteiger partial charge >= 0.3 is 5.97 Å². The van der Waals surface area contributed by atoms with Crippen LogP contribution in [0.15, 0.2) is 12.1 Å². The number of esters is 1. The van der Waals surface area contributed by atoms with Crippen LogP contribution in [0.2, 0.25) is 0 Å². The molecule has 1 atom stereocenters. The maximum atomic E-state index is 11.1. The molecule has 0 spiro atoms. The largest absolute Gasteiger partial charge is 0.464 e. The number of hydrogen-bond donors (Lipinski definition) is 3. The van der Waals surface area contributed by atoms with Gasteiger partial charge in [0.25, 0.3) is 0 Å². The van der Waals surface area contributed by atoms with Gasteiger partial charge in [-0.2, -0.15) is 0 Å². The smallest absolute Gasteiger partial charge is 0.354 e. The summed E-state index contributed by atoms with van der Waals surface area (Å²) in [5, 5.41) is 2.91. The zero-order chi connectivity index (χ0) is 12.1. The van der Waals surface area contributed by atoms with E-state index in [4.69, 9.17) is 5.73 Å². The van der Waals surface area contributed by atoms with Crippen LogP contribution in [0.25, 0.3) is 0 Å². The molecule has 0 aliphatic rings. The third-order valence-corrected chi connectivity index (χ3v) is 2.18. The average Bonchev–Trinajstić information content (AvgIpc) is 2.73. The van der Waals surface area contributed by atoms with Gasteiger partial charge in [-0.05, 0) is 19.1 Å². The standard InChI is InChI=1S/C10H15N3O3/c1-6(9(11)14)12-5-7-3-4-8(13-7)10(15)16-2/h3-4,6,12-13H,5H2,1-2H3,(H2,11,14). The molecule has 0 saturated carbocycles. The monoisotopic (exact) mass is 225 g/mol. The maximum Gasteiger partial charge on any atom is 0.354 e. The molecule has 0 fully saturated rings. The van der Waals surface area contributed by atoms with Crippen molar-refractivity contribution in [1.29, 1.82) is 0 Å². The van der Waals surface area contributed by atoms with Gasteiger partial charge in [-0.1, -0.05) is 0 Å². The molecular formula is C10H15N3O3. The molecule has 1 amide bonds. The third kappa shape index (κ3) is 3.09. The van der Waals surface area contributed by atoms with E-state index in [1.807, 2.05) is 0 Å². The van der Waals surface area contributed by atoms with Crippen LogP contribution in [-0.2, 0) is 16.1 Å². The number of H-pyrrole nitrogens is 1. The van der Waals surface area contributed by atoms with Crippen LogP contribution < -0.4 is 11.1 Å². The van der Waals surface area contributed by atoms with Gasteiger partial charge in [0.05, 0.1) is 13.2 Å².